The predicted octanol–water partition coefficient (Wildman–Crippen LogP) is 2.53. The highest BCUT2D eigenvalue weighted by Gasteiger charge is 2.13. The van der Waals surface area contributed by atoms with E-state index in [4.69, 9.17) is 5.11 Å². The Morgan fingerprint density at radius 3 is 2.48 bits per heavy atom. The maximum Gasteiger partial charge on any atom is 0.337 e. The summed E-state index contributed by atoms with van der Waals surface area (Å²) >= 11 is 0. The Hall–Kier alpha value is -2.25. The van der Waals surface area contributed by atoms with Gasteiger partial charge in [-0.3, -0.25) is 4.98 Å². The third kappa shape index (κ3) is 4.37. The minimum atomic E-state index is -3.51. The van der Waals surface area contributed by atoms with E-state index in [9.17, 15) is 13.2 Å². The van der Waals surface area contributed by atoms with E-state index in [1.807, 2.05) is 6.92 Å². The Labute approximate surface area is 135 Å². The van der Waals surface area contributed by atoms with Crippen LogP contribution in [0.3, 0.4) is 0 Å². The molecule has 0 aliphatic heterocycles. The molecule has 0 saturated heterocycles. The number of nitrogens with one attached hydrogen (secondary N) is 1. The van der Waals surface area contributed by atoms with Crippen LogP contribution in [0.4, 0.5) is 0 Å². The Morgan fingerprint density at radius 1 is 1.17 bits per heavy atom. The smallest absolute Gasteiger partial charge is 0.337 e. The SMILES string of the molecule is CCCCNS(=O)(=O)c1ccc(-c2cncc(C(=O)O)c2)cc1. The molecule has 1 aromatic heterocycles. The minimum Gasteiger partial charge on any atom is -0.478 e. The van der Waals surface area contributed by atoms with Crippen molar-refractivity contribution in [2.45, 2.75) is 24.7 Å². The molecule has 0 amide bonds. The molecule has 0 aliphatic carbocycles. The number of carboxylic acid groups (broad SMARTS) is 1. The number of pyridine rings is 1. The highest BCUT2D eigenvalue weighted by molar-refractivity contribution is 7.89. The maximum absolute atomic E-state index is 12.1. The summed E-state index contributed by atoms with van der Waals surface area (Å²) in [6, 6.07) is 7.76. The van der Waals surface area contributed by atoms with Gasteiger partial charge in [-0.1, -0.05) is 25.5 Å². The van der Waals surface area contributed by atoms with E-state index in [1.165, 1.54) is 30.6 Å². The average Bonchev–Trinajstić information content (AvgIpc) is 2.55. The summed E-state index contributed by atoms with van der Waals surface area (Å²) in [6.07, 6.45) is 4.50. The number of sulfonamides is 1. The van der Waals surface area contributed by atoms with Crippen molar-refractivity contribution in [2.24, 2.45) is 0 Å². The average molecular weight is 334 g/mol. The molecule has 1 heterocycles. The largest absolute Gasteiger partial charge is 0.478 e. The number of aromatic nitrogens is 1. The number of hydrogen-bond acceptors (Lipinski definition) is 4. The number of carboxylic acids is 1. The van der Waals surface area contributed by atoms with Crippen LogP contribution >= 0.6 is 0 Å². The summed E-state index contributed by atoms with van der Waals surface area (Å²) in [5, 5.41) is 8.98. The van der Waals surface area contributed by atoms with Gasteiger partial charge in [0.2, 0.25) is 10.0 Å². The van der Waals surface area contributed by atoms with E-state index in [0.29, 0.717) is 17.7 Å². The van der Waals surface area contributed by atoms with Crippen LogP contribution in [-0.4, -0.2) is 31.0 Å². The number of hydrogen-bond donors (Lipinski definition) is 2. The van der Waals surface area contributed by atoms with E-state index >= 15 is 0 Å². The van der Waals surface area contributed by atoms with Crippen LogP contribution in [0.2, 0.25) is 0 Å². The van der Waals surface area contributed by atoms with Gasteiger partial charge in [0.1, 0.15) is 0 Å². The highest BCUT2D eigenvalue weighted by atomic mass is 32.2. The molecule has 1 aromatic carbocycles. The quantitative estimate of drug-likeness (QED) is 0.759. The number of unbranched alkanes of at least 4 members (excludes halogenated alkanes) is 1. The predicted molar refractivity (Wildman–Crippen MR) is 86.7 cm³/mol. The van der Waals surface area contributed by atoms with Crippen molar-refractivity contribution in [3.05, 3.63) is 48.3 Å². The van der Waals surface area contributed by atoms with Crippen LogP contribution in [-0.2, 0) is 10.0 Å². The number of aromatic carboxylic acids is 1. The molecule has 0 bridgehead atoms. The van der Waals surface area contributed by atoms with Gasteiger partial charge >= 0.3 is 5.97 Å². The van der Waals surface area contributed by atoms with Gasteiger partial charge in [0.15, 0.2) is 0 Å². The molecule has 7 heteroatoms. The highest BCUT2D eigenvalue weighted by Crippen LogP contribution is 2.21. The van der Waals surface area contributed by atoms with Crippen molar-refractivity contribution in [3.8, 4) is 11.1 Å². The molecular weight excluding hydrogens is 316 g/mol. The lowest BCUT2D eigenvalue weighted by Gasteiger charge is -2.07. The lowest BCUT2D eigenvalue weighted by molar-refractivity contribution is 0.0696. The Morgan fingerprint density at radius 2 is 1.87 bits per heavy atom. The molecule has 2 aromatic rings. The molecule has 122 valence electrons. The van der Waals surface area contributed by atoms with Gasteiger partial charge in [-0.05, 0) is 30.2 Å². The molecule has 2 rings (SSSR count). The first kappa shape index (κ1) is 17.1. The third-order valence-electron chi connectivity index (χ3n) is 3.31. The lowest BCUT2D eigenvalue weighted by atomic mass is 10.1. The molecular formula is C16H18N2O4S. The number of carbonyl (C=O) groups is 1. The van der Waals surface area contributed by atoms with Crippen LogP contribution in [0.1, 0.15) is 30.1 Å². The maximum atomic E-state index is 12.1. The zero-order valence-corrected chi connectivity index (χ0v) is 13.5. The van der Waals surface area contributed by atoms with Gasteiger partial charge in [0.25, 0.3) is 0 Å². The van der Waals surface area contributed by atoms with Gasteiger partial charge in [-0.15, -0.1) is 0 Å². The van der Waals surface area contributed by atoms with Gasteiger partial charge in [-0.2, -0.15) is 0 Å². The van der Waals surface area contributed by atoms with Gasteiger partial charge < -0.3 is 5.11 Å². The number of rotatable bonds is 7. The molecule has 0 saturated carbocycles. The van der Waals surface area contributed by atoms with Gasteiger partial charge in [0.05, 0.1) is 10.5 Å². The minimum absolute atomic E-state index is 0.0837. The normalized spacial score (nSPS) is 11.3. The van der Waals surface area contributed by atoms with Crippen molar-refractivity contribution in [1.29, 1.82) is 0 Å². The molecule has 23 heavy (non-hydrogen) atoms. The molecule has 6 nitrogen and oxygen atoms in total. The summed E-state index contributed by atoms with van der Waals surface area (Å²) < 4.78 is 26.7. The molecule has 0 spiro atoms. The van der Waals surface area contributed by atoms with Crippen molar-refractivity contribution in [3.63, 3.8) is 0 Å². The van der Waals surface area contributed by atoms with E-state index in [1.54, 1.807) is 12.1 Å². The monoisotopic (exact) mass is 334 g/mol. The lowest BCUT2D eigenvalue weighted by Crippen LogP contribution is -2.24. The zero-order valence-electron chi connectivity index (χ0n) is 12.7. The standard InChI is InChI=1S/C16H18N2O4S/c1-2-3-8-18-23(21,22)15-6-4-12(5-7-15)13-9-14(16(19)20)11-17-10-13/h4-7,9-11,18H,2-3,8H2,1H3,(H,19,20). The Bertz CT molecular complexity index is 786. The number of nitrogens with zero attached hydrogens (tertiary/aromatic N) is 1. The van der Waals surface area contributed by atoms with Crippen LogP contribution in [0.15, 0.2) is 47.6 Å². The summed E-state index contributed by atoms with van der Waals surface area (Å²) in [6.45, 7) is 2.40. The Kier molecular flexibility index (Phi) is 5.46. The van der Waals surface area contributed by atoms with Crippen molar-refractivity contribution in [2.75, 3.05) is 6.54 Å². The second-order valence-corrected chi connectivity index (χ2v) is 6.81. The summed E-state index contributed by atoms with van der Waals surface area (Å²) in [4.78, 5) is 15.0. The molecule has 0 fully saturated rings. The molecule has 0 atom stereocenters. The van der Waals surface area contributed by atoms with Gasteiger partial charge in [-0.25, -0.2) is 17.9 Å². The molecule has 2 N–H and O–H groups in total. The fourth-order valence-electron chi connectivity index (χ4n) is 2.01. The second kappa shape index (κ2) is 7.34. The topological polar surface area (TPSA) is 96.4 Å². The van der Waals surface area contributed by atoms with E-state index in [0.717, 1.165) is 12.8 Å². The molecule has 0 radical (unpaired) electrons. The first-order valence-electron chi connectivity index (χ1n) is 7.22. The van der Waals surface area contributed by atoms with Crippen molar-refractivity contribution < 1.29 is 18.3 Å². The molecule has 0 aliphatic rings. The summed E-state index contributed by atoms with van der Waals surface area (Å²) in [5.74, 6) is -1.06. The van der Waals surface area contributed by atoms with Crippen molar-refractivity contribution >= 4 is 16.0 Å². The van der Waals surface area contributed by atoms with Crippen LogP contribution in [0.25, 0.3) is 11.1 Å². The van der Waals surface area contributed by atoms with Crippen LogP contribution < -0.4 is 4.72 Å². The van der Waals surface area contributed by atoms with E-state index < -0.39 is 16.0 Å². The molecule has 0 unspecified atom stereocenters. The fourth-order valence-corrected chi connectivity index (χ4v) is 3.08. The first-order chi connectivity index (χ1) is 10.9. The number of benzene rings is 1. The van der Waals surface area contributed by atoms with E-state index in [-0.39, 0.29) is 10.5 Å². The van der Waals surface area contributed by atoms with E-state index in [2.05, 4.69) is 9.71 Å². The summed E-state index contributed by atoms with van der Waals surface area (Å²) in [7, 11) is -3.51. The first-order valence-corrected chi connectivity index (χ1v) is 8.71. The third-order valence-corrected chi connectivity index (χ3v) is 4.78. The van der Waals surface area contributed by atoms with Gasteiger partial charge in [0, 0.05) is 24.5 Å². The van der Waals surface area contributed by atoms with Crippen LogP contribution in [0.5, 0.6) is 0 Å². The zero-order chi connectivity index (χ0) is 16.9. The summed E-state index contributed by atoms with van der Waals surface area (Å²) in [5.41, 5.74) is 1.40. The Balaban J connectivity index is 2.22. The fraction of sp³-hybridized carbons (Fsp3) is 0.250. The second-order valence-electron chi connectivity index (χ2n) is 5.04. The van der Waals surface area contributed by atoms with Crippen LogP contribution in [0, 0.1) is 0 Å². The van der Waals surface area contributed by atoms with Crippen molar-refractivity contribution in [1.82, 2.24) is 9.71 Å².